The molecule has 0 bridgehead atoms. The van der Waals surface area contributed by atoms with Crippen LogP contribution in [0.3, 0.4) is 0 Å². The fourth-order valence-corrected chi connectivity index (χ4v) is 1.93. The largest absolute Gasteiger partial charge is 0.352 e. The summed E-state index contributed by atoms with van der Waals surface area (Å²) in [6, 6.07) is 1.34. The predicted octanol–water partition coefficient (Wildman–Crippen LogP) is 0.692. The maximum atomic E-state index is 13.1. The van der Waals surface area contributed by atoms with Crippen LogP contribution < -0.4 is 5.32 Å². The molecule has 1 amide bonds. The van der Waals surface area contributed by atoms with E-state index in [1.807, 2.05) is 0 Å². The number of fused-ring (bicyclic) bond motifs is 1. The van der Waals surface area contributed by atoms with Crippen molar-refractivity contribution < 1.29 is 9.18 Å². The van der Waals surface area contributed by atoms with Crippen LogP contribution in [0.4, 0.5) is 4.39 Å². The van der Waals surface area contributed by atoms with Crippen molar-refractivity contribution in [2.75, 3.05) is 6.54 Å². The van der Waals surface area contributed by atoms with Crippen LogP contribution in [0.1, 0.15) is 16.1 Å². The molecule has 6 heteroatoms. The first kappa shape index (κ1) is 9.95. The first-order valence-corrected chi connectivity index (χ1v) is 5.22. The summed E-state index contributed by atoms with van der Waals surface area (Å²) in [5, 5.41) is 6.84. The summed E-state index contributed by atoms with van der Waals surface area (Å²) in [7, 11) is 0. The molecule has 3 heterocycles. The lowest BCUT2D eigenvalue weighted by Gasteiger charge is -2.14. The lowest BCUT2D eigenvalue weighted by atomic mass is 10.1. The van der Waals surface area contributed by atoms with E-state index in [9.17, 15) is 9.18 Å². The van der Waals surface area contributed by atoms with Gasteiger partial charge in [0.1, 0.15) is 5.82 Å². The fraction of sp³-hybridized carbons (Fsp3) is 0.182. The first-order chi connectivity index (χ1) is 8.25. The zero-order valence-electron chi connectivity index (χ0n) is 8.85. The highest BCUT2D eigenvalue weighted by atomic mass is 19.1. The zero-order chi connectivity index (χ0) is 11.8. The van der Waals surface area contributed by atoms with Gasteiger partial charge in [-0.1, -0.05) is 0 Å². The number of halogens is 1. The smallest absolute Gasteiger partial charge is 0.254 e. The van der Waals surface area contributed by atoms with Crippen molar-refractivity contribution in [2.24, 2.45) is 0 Å². The summed E-state index contributed by atoms with van der Waals surface area (Å²) in [4.78, 5) is 15.3. The van der Waals surface area contributed by atoms with Gasteiger partial charge in [0.15, 0.2) is 0 Å². The van der Waals surface area contributed by atoms with E-state index in [4.69, 9.17) is 0 Å². The Balaban J connectivity index is 2.13. The van der Waals surface area contributed by atoms with Crippen molar-refractivity contribution in [1.82, 2.24) is 20.1 Å². The van der Waals surface area contributed by atoms with Crippen LogP contribution in [-0.2, 0) is 6.42 Å². The molecule has 0 aromatic carbocycles. The quantitative estimate of drug-likeness (QED) is 0.787. The molecule has 0 saturated heterocycles. The van der Waals surface area contributed by atoms with E-state index < -0.39 is 5.82 Å². The Morgan fingerprint density at radius 2 is 2.24 bits per heavy atom. The van der Waals surface area contributed by atoms with Crippen molar-refractivity contribution in [3.63, 3.8) is 0 Å². The summed E-state index contributed by atoms with van der Waals surface area (Å²) in [5.74, 6) is -0.561. The molecule has 3 rings (SSSR count). The average Bonchev–Trinajstić information content (AvgIpc) is 2.74. The second-order valence-corrected chi connectivity index (χ2v) is 3.78. The van der Waals surface area contributed by atoms with Crippen LogP contribution in [0.2, 0.25) is 0 Å². The van der Waals surface area contributed by atoms with E-state index in [-0.39, 0.29) is 5.91 Å². The molecular formula is C11H9FN4O. The standard InChI is InChI=1S/C11H9FN4O/c12-7-3-8(5-13-4-7)16-10-1-2-14-11(17)9(10)6-15-16/h3-6H,1-2H2,(H,14,17). The van der Waals surface area contributed by atoms with Gasteiger partial charge in [-0.3, -0.25) is 9.78 Å². The molecule has 2 aromatic heterocycles. The number of hydrogen-bond donors (Lipinski definition) is 1. The molecule has 1 aliphatic rings. The number of carbonyl (C=O) groups is 1. The van der Waals surface area contributed by atoms with Gasteiger partial charge in [-0.25, -0.2) is 9.07 Å². The van der Waals surface area contributed by atoms with Crippen molar-refractivity contribution in [3.05, 3.63) is 41.7 Å². The number of aromatic nitrogens is 3. The van der Waals surface area contributed by atoms with Gasteiger partial charge >= 0.3 is 0 Å². The summed E-state index contributed by atoms with van der Waals surface area (Å²) in [6.45, 7) is 0.570. The lowest BCUT2D eigenvalue weighted by molar-refractivity contribution is 0.0945. The summed E-state index contributed by atoms with van der Waals surface area (Å²) in [5.41, 5.74) is 1.86. The summed E-state index contributed by atoms with van der Waals surface area (Å²) < 4.78 is 14.6. The number of amides is 1. The maximum absolute atomic E-state index is 13.1. The van der Waals surface area contributed by atoms with E-state index in [1.165, 1.54) is 18.5 Å². The summed E-state index contributed by atoms with van der Waals surface area (Å²) in [6.07, 6.45) is 4.82. The number of hydrogen-bond acceptors (Lipinski definition) is 3. The highest BCUT2D eigenvalue weighted by molar-refractivity contribution is 5.96. The van der Waals surface area contributed by atoms with Gasteiger partial charge in [0, 0.05) is 19.0 Å². The van der Waals surface area contributed by atoms with Crippen LogP contribution in [0.25, 0.3) is 5.69 Å². The minimum absolute atomic E-state index is 0.137. The molecule has 0 fully saturated rings. The van der Waals surface area contributed by atoms with Gasteiger partial charge in [-0.15, -0.1) is 0 Å². The summed E-state index contributed by atoms with van der Waals surface area (Å²) >= 11 is 0. The third-order valence-electron chi connectivity index (χ3n) is 2.70. The van der Waals surface area contributed by atoms with Gasteiger partial charge in [-0.2, -0.15) is 5.10 Å². The van der Waals surface area contributed by atoms with Crippen LogP contribution in [0.15, 0.2) is 24.7 Å². The van der Waals surface area contributed by atoms with Crippen LogP contribution in [-0.4, -0.2) is 27.2 Å². The predicted molar refractivity (Wildman–Crippen MR) is 57.4 cm³/mol. The topological polar surface area (TPSA) is 59.8 Å². The van der Waals surface area contributed by atoms with Crippen LogP contribution in [0, 0.1) is 5.82 Å². The number of pyridine rings is 1. The molecule has 0 atom stereocenters. The van der Waals surface area contributed by atoms with Gasteiger partial charge in [0.05, 0.1) is 35.5 Å². The number of rotatable bonds is 1. The van der Waals surface area contributed by atoms with Crippen molar-refractivity contribution in [2.45, 2.75) is 6.42 Å². The second-order valence-electron chi connectivity index (χ2n) is 3.78. The highest BCUT2D eigenvalue weighted by Crippen LogP contribution is 2.17. The maximum Gasteiger partial charge on any atom is 0.254 e. The third kappa shape index (κ3) is 1.57. The minimum Gasteiger partial charge on any atom is -0.352 e. The normalized spacial score (nSPS) is 14.3. The van der Waals surface area contributed by atoms with Gasteiger partial charge in [0.2, 0.25) is 0 Å². The molecule has 2 aromatic rings. The Kier molecular flexibility index (Phi) is 2.14. The molecular weight excluding hydrogens is 223 g/mol. The molecule has 5 nitrogen and oxygen atoms in total. The molecule has 0 aliphatic carbocycles. The monoisotopic (exact) mass is 232 g/mol. The van der Waals surface area contributed by atoms with E-state index in [0.29, 0.717) is 24.2 Å². The molecule has 0 radical (unpaired) electrons. The second kappa shape index (κ2) is 3.65. The van der Waals surface area contributed by atoms with Crippen molar-refractivity contribution >= 4 is 5.91 Å². The van der Waals surface area contributed by atoms with Gasteiger partial charge < -0.3 is 5.32 Å². The minimum atomic E-state index is -0.424. The lowest BCUT2D eigenvalue weighted by Crippen LogP contribution is -2.32. The number of nitrogens with one attached hydrogen (secondary N) is 1. The van der Waals surface area contributed by atoms with Crippen LogP contribution in [0.5, 0.6) is 0 Å². The van der Waals surface area contributed by atoms with Gasteiger partial charge in [0.25, 0.3) is 5.91 Å². The van der Waals surface area contributed by atoms with E-state index in [1.54, 1.807) is 4.68 Å². The highest BCUT2D eigenvalue weighted by Gasteiger charge is 2.22. The molecule has 0 unspecified atom stereocenters. The first-order valence-electron chi connectivity index (χ1n) is 5.22. The molecule has 1 N–H and O–H groups in total. The molecule has 86 valence electrons. The fourth-order valence-electron chi connectivity index (χ4n) is 1.93. The number of nitrogens with zero attached hydrogens (tertiary/aromatic N) is 3. The Bertz CT molecular complexity index is 593. The Labute approximate surface area is 96.3 Å². The Morgan fingerprint density at radius 1 is 1.35 bits per heavy atom. The van der Waals surface area contributed by atoms with E-state index in [0.717, 1.165) is 11.9 Å². The van der Waals surface area contributed by atoms with Crippen LogP contribution >= 0.6 is 0 Å². The molecule has 1 aliphatic heterocycles. The molecule has 17 heavy (non-hydrogen) atoms. The molecule has 0 saturated carbocycles. The number of carbonyl (C=O) groups excluding carboxylic acids is 1. The SMILES string of the molecule is O=C1NCCc2c1cnn2-c1cncc(F)c1. The Hall–Kier alpha value is -2.24. The molecule has 0 spiro atoms. The van der Waals surface area contributed by atoms with Crippen molar-refractivity contribution in [3.8, 4) is 5.69 Å². The van der Waals surface area contributed by atoms with Gasteiger partial charge in [-0.05, 0) is 0 Å². The Morgan fingerprint density at radius 3 is 3.06 bits per heavy atom. The van der Waals surface area contributed by atoms with Crippen molar-refractivity contribution in [1.29, 1.82) is 0 Å². The van der Waals surface area contributed by atoms with E-state index >= 15 is 0 Å². The third-order valence-corrected chi connectivity index (χ3v) is 2.70. The zero-order valence-corrected chi connectivity index (χ0v) is 8.85. The average molecular weight is 232 g/mol. The van der Waals surface area contributed by atoms with E-state index in [2.05, 4.69) is 15.4 Å².